The molecule has 0 bridgehead atoms. The van der Waals surface area contributed by atoms with Gasteiger partial charge in [-0.3, -0.25) is 0 Å². The molecule has 2 aromatic carbocycles. The van der Waals surface area contributed by atoms with Gasteiger partial charge >= 0.3 is 0 Å². The summed E-state index contributed by atoms with van der Waals surface area (Å²) in [4.78, 5) is 0. The Hall–Kier alpha value is -1.45. The van der Waals surface area contributed by atoms with Gasteiger partial charge in [-0.25, -0.2) is 4.39 Å². The first-order chi connectivity index (χ1) is 9.65. The molecule has 0 N–H and O–H groups in total. The summed E-state index contributed by atoms with van der Waals surface area (Å²) in [7, 11) is 1.57. The van der Waals surface area contributed by atoms with E-state index in [2.05, 4.69) is 0 Å². The molecule has 0 unspecified atom stereocenters. The second-order valence-electron chi connectivity index (χ2n) is 4.11. The third-order valence-electron chi connectivity index (χ3n) is 2.83. The monoisotopic (exact) mass is 314 g/mol. The van der Waals surface area contributed by atoms with Crippen LogP contribution in [-0.4, -0.2) is 7.11 Å². The number of methoxy groups -OCH3 is 1. The van der Waals surface area contributed by atoms with E-state index in [0.29, 0.717) is 22.9 Å². The second-order valence-corrected chi connectivity index (χ2v) is 4.78. The summed E-state index contributed by atoms with van der Waals surface area (Å²) < 4.78 is 24.5. The third kappa shape index (κ3) is 3.35. The molecule has 20 heavy (non-hydrogen) atoms. The van der Waals surface area contributed by atoms with E-state index >= 15 is 0 Å². The summed E-state index contributed by atoms with van der Waals surface area (Å²) in [5.74, 6) is 1.06. The van der Waals surface area contributed by atoms with Crippen molar-refractivity contribution < 1.29 is 13.9 Å². The summed E-state index contributed by atoms with van der Waals surface area (Å²) in [6, 6.07) is 10.1. The number of halogens is 3. The first-order valence-electron chi connectivity index (χ1n) is 5.94. The lowest BCUT2D eigenvalue weighted by atomic mass is 10.2. The van der Waals surface area contributed by atoms with Crippen molar-refractivity contribution in [2.75, 3.05) is 7.11 Å². The van der Waals surface area contributed by atoms with E-state index in [-0.39, 0.29) is 11.6 Å². The predicted molar refractivity (Wildman–Crippen MR) is 78.3 cm³/mol. The molecule has 0 amide bonds. The Kier molecular flexibility index (Phi) is 5.10. The standard InChI is InChI=1S/C15H13Cl2FO2/c1-19-12-6-5-10(8-16)14(7-12)20-9-11-3-2-4-13(17)15(11)18/h2-7H,8-9H2,1H3. The van der Waals surface area contributed by atoms with Gasteiger partial charge in [-0.05, 0) is 12.1 Å². The number of alkyl halides is 1. The average molecular weight is 315 g/mol. The molecule has 0 aliphatic rings. The Balaban J connectivity index is 2.19. The molecule has 0 radical (unpaired) electrons. The first-order valence-corrected chi connectivity index (χ1v) is 6.85. The molecule has 106 valence electrons. The van der Waals surface area contributed by atoms with Crippen LogP contribution in [0.5, 0.6) is 11.5 Å². The highest BCUT2D eigenvalue weighted by molar-refractivity contribution is 6.30. The topological polar surface area (TPSA) is 18.5 Å². The summed E-state index contributed by atoms with van der Waals surface area (Å²) in [5.41, 5.74) is 1.20. The highest BCUT2D eigenvalue weighted by Gasteiger charge is 2.09. The van der Waals surface area contributed by atoms with Gasteiger partial charge in [-0.2, -0.15) is 0 Å². The number of ether oxygens (including phenoxy) is 2. The maximum Gasteiger partial charge on any atom is 0.148 e. The van der Waals surface area contributed by atoms with Crippen LogP contribution in [0.2, 0.25) is 5.02 Å². The molecule has 2 rings (SSSR count). The van der Waals surface area contributed by atoms with E-state index in [1.54, 1.807) is 31.4 Å². The van der Waals surface area contributed by atoms with Crippen LogP contribution < -0.4 is 9.47 Å². The third-order valence-corrected chi connectivity index (χ3v) is 3.41. The van der Waals surface area contributed by atoms with Crippen LogP contribution in [0.25, 0.3) is 0 Å². The fourth-order valence-corrected chi connectivity index (χ4v) is 2.14. The number of benzene rings is 2. The van der Waals surface area contributed by atoms with E-state index in [9.17, 15) is 4.39 Å². The zero-order chi connectivity index (χ0) is 14.5. The summed E-state index contributed by atoms with van der Waals surface area (Å²) in [5, 5.41) is 0.0781. The molecular formula is C15H13Cl2FO2. The molecule has 2 aromatic rings. The molecular weight excluding hydrogens is 302 g/mol. The van der Waals surface area contributed by atoms with E-state index < -0.39 is 5.82 Å². The van der Waals surface area contributed by atoms with Gasteiger partial charge < -0.3 is 9.47 Å². The molecule has 5 heteroatoms. The molecule has 0 heterocycles. The molecule has 0 aromatic heterocycles. The minimum Gasteiger partial charge on any atom is -0.497 e. The zero-order valence-corrected chi connectivity index (χ0v) is 12.3. The van der Waals surface area contributed by atoms with Gasteiger partial charge in [0.1, 0.15) is 23.9 Å². The molecule has 0 saturated heterocycles. The Morgan fingerprint density at radius 2 is 1.95 bits per heavy atom. The van der Waals surface area contributed by atoms with Crippen molar-refractivity contribution in [2.45, 2.75) is 12.5 Å². The SMILES string of the molecule is COc1ccc(CCl)c(OCc2cccc(Cl)c2F)c1. The van der Waals surface area contributed by atoms with Crippen LogP contribution in [0, 0.1) is 5.82 Å². The maximum atomic E-state index is 13.8. The quantitative estimate of drug-likeness (QED) is 0.738. The number of rotatable bonds is 5. The van der Waals surface area contributed by atoms with Gasteiger partial charge in [0.15, 0.2) is 0 Å². The van der Waals surface area contributed by atoms with Crippen molar-refractivity contribution in [3.8, 4) is 11.5 Å². The Labute approximate surface area is 127 Å². The fraction of sp³-hybridized carbons (Fsp3) is 0.200. The Bertz CT molecular complexity index is 602. The van der Waals surface area contributed by atoms with Crippen molar-refractivity contribution in [3.63, 3.8) is 0 Å². The highest BCUT2D eigenvalue weighted by Crippen LogP contribution is 2.27. The van der Waals surface area contributed by atoms with Crippen molar-refractivity contribution in [1.82, 2.24) is 0 Å². The minimum absolute atomic E-state index is 0.0729. The van der Waals surface area contributed by atoms with Crippen LogP contribution in [-0.2, 0) is 12.5 Å². The van der Waals surface area contributed by atoms with Crippen molar-refractivity contribution in [3.05, 3.63) is 58.4 Å². The molecule has 0 aliphatic heterocycles. The molecule has 0 fully saturated rings. The lowest BCUT2D eigenvalue weighted by Crippen LogP contribution is -2.01. The average Bonchev–Trinajstić information content (AvgIpc) is 2.48. The summed E-state index contributed by atoms with van der Waals surface area (Å²) >= 11 is 11.6. The molecule has 0 saturated carbocycles. The van der Waals surface area contributed by atoms with Crippen molar-refractivity contribution in [1.29, 1.82) is 0 Å². The van der Waals surface area contributed by atoms with Crippen molar-refractivity contribution in [2.24, 2.45) is 0 Å². The normalized spacial score (nSPS) is 10.4. The van der Waals surface area contributed by atoms with Crippen LogP contribution in [0.15, 0.2) is 36.4 Å². The Morgan fingerprint density at radius 1 is 1.15 bits per heavy atom. The summed E-state index contributed by atoms with van der Waals surface area (Å²) in [6.07, 6.45) is 0. The van der Waals surface area contributed by atoms with Gasteiger partial charge in [0.2, 0.25) is 0 Å². The van der Waals surface area contributed by atoms with Gasteiger partial charge in [-0.15, -0.1) is 11.6 Å². The predicted octanol–water partition coefficient (Wildman–Crippen LogP) is 4.81. The van der Waals surface area contributed by atoms with E-state index in [1.807, 2.05) is 6.07 Å². The van der Waals surface area contributed by atoms with E-state index in [0.717, 1.165) is 5.56 Å². The molecule has 2 nitrogen and oxygen atoms in total. The van der Waals surface area contributed by atoms with E-state index in [4.69, 9.17) is 32.7 Å². The number of hydrogen-bond acceptors (Lipinski definition) is 2. The zero-order valence-electron chi connectivity index (χ0n) is 10.8. The molecule has 0 aliphatic carbocycles. The highest BCUT2D eigenvalue weighted by atomic mass is 35.5. The Morgan fingerprint density at radius 3 is 2.65 bits per heavy atom. The van der Waals surface area contributed by atoms with Crippen LogP contribution in [0.1, 0.15) is 11.1 Å². The van der Waals surface area contributed by atoms with Crippen LogP contribution >= 0.6 is 23.2 Å². The largest absolute Gasteiger partial charge is 0.497 e. The van der Waals surface area contributed by atoms with Gasteiger partial charge in [0.05, 0.1) is 18.0 Å². The smallest absolute Gasteiger partial charge is 0.148 e. The number of hydrogen-bond donors (Lipinski definition) is 0. The van der Waals surface area contributed by atoms with Gasteiger partial charge in [0, 0.05) is 17.2 Å². The van der Waals surface area contributed by atoms with Gasteiger partial charge in [0.25, 0.3) is 0 Å². The van der Waals surface area contributed by atoms with Gasteiger partial charge in [-0.1, -0.05) is 29.8 Å². The lowest BCUT2D eigenvalue weighted by molar-refractivity contribution is 0.295. The minimum atomic E-state index is -0.468. The van der Waals surface area contributed by atoms with E-state index in [1.165, 1.54) is 6.07 Å². The molecule has 0 spiro atoms. The van der Waals surface area contributed by atoms with Crippen molar-refractivity contribution >= 4 is 23.2 Å². The lowest BCUT2D eigenvalue weighted by Gasteiger charge is -2.12. The maximum absolute atomic E-state index is 13.8. The van der Waals surface area contributed by atoms with Crippen LogP contribution in [0.3, 0.4) is 0 Å². The van der Waals surface area contributed by atoms with Crippen LogP contribution in [0.4, 0.5) is 4.39 Å². The fourth-order valence-electron chi connectivity index (χ4n) is 1.72. The second kappa shape index (κ2) is 6.82. The molecule has 0 atom stereocenters. The summed E-state index contributed by atoms with van der Waals surface area (Å²) in [6.45, 7) is 0.0729. The first kappa shape index (κ1) is 14.9.